The maximum atomic E-state index is 12.5. The van der Waals surface area contributed by atoms with Gasteiger partial charge in [0.2, 0.25) is 0 Å². The predicted molar refractivity (Wildman–Crippen MR) is 92.4 cm³/mol. The summed E-state index contributed by atoms with van der Waals surface area (Å²) < 4.78 is 5.26. The van der Waals surface area contributed by atoms with Crippen molar-refractivity contribution >= 4 is 17.7 Å². The highest BCUT2D eigenvalue weighted by atomic mass is 16.5. The summed E-state index contributed by atoms with van der Waals surface area (Å²) in [5, 5.41) is 2.92. The van der Waals surface area contributed by atoms with E-state index in [9.17, 15) is 9.59 Å². The van der Waals surface area contributed by atoms with Gasteiger partial charge in [-0.1, -0.05) is 37.3 Å². The number of para-hydroxylation sites is 1. The molecule has 3 rings (SSSR count). The lowest BCUT2D eigenvalue weighted by Gasteiger charge is -2.31. The van der Waals surface area contributed by atoms with Crippen LogP contribution in [0.2, 0.25) is 0 Å². The summed E-state index contributed by atoms with van der Waals surface area (Å²) in [4.78, 5) is 26.7. The van der Waals surface area contributed by atoms with Gasteiger partial charge in [-0.05, 0) is 36.8 Å². The summed E-state index contributed by atoms with van der Waals surface area (Å²) in [6.45, 7) is 5.49. The Balaban J connectivity index is 1.69. The summed E-state index contributed by atoms with van der Waals surface area (Å²) in [6, 6.07) is 9.31. The van der Waals surface area contributed by atoms with E-state index in [2.05, 4.69) is 17.5 Å². The number of carbonyl (C=O) groups is 2. The van der Waals surface area contributed by atoms with Crippen molar-refractivity contribution in [3.05, 3.63) is 42.5 Å². The summed E-state index contributed by atoms with van der Waals surface area (Å²) in [5.74, 6) is 0.175. The number of likely N-dealkylation sites (tertiary alicyclic amines) is 1. The molecule has 1 aromatic rings. The van der Waals surface area contributed by atoms with Gasteiger partial charge in [-0.2, -0.15) is 0 Å². The van der Waals surface area contributed by atoms with E-state index >= 15 is 0 Å². The Hall–Kier alpha value is -2.30. The molecule has 1 aliphatic carbocycles. The van der Waals surface area contributed by atoms with Crippen molar-refractivity contribution in [3.63, 3.8) is 0 Å². The normalized spacial score (nSPS) is 28.3. The summed E-state index contributed by atoms with van der Waals surface area (Å²) in [6.07, 6.45) is 4.24. The number of nitrogens with one attached hydrogen (secondary N) is 1. The first kappa shape index (κ1) is 16.6. The zero-order chi connectivity index (χ0) is 17.1. The standard InChI is InChI=1S/C19H24N2O3/c1-3-24-18(22)17-13(2)9-10-14-11-21(12-16(14)17)19(23)20-15-7-5-4-6-8-15/h4-10,13-14,16-17H,3,11-12H2,1-2H3,(H,20,23)/t13-,14-,16-,17-/m0/s1. The molecular formula is C19H24N2O3. The minimum atomic E-state index is -0.172. The lowest BCUT2D eigenvalue weighted by Crippen LogP contribution is -2.38. The van der Waals surface area contributed by atoms with Crippen LogP contribution in [0.15, 0.2) is 42.5 Å². The van der Waals surface area contributed by atoms with Crippen LogP contribution in [0, 0.1) is 23.7 Å². The number of esters is 1. The van der Waals surface area contributed by atoms with Crippen molar-refractivity contribution in [2.24, 2.45) is 23.7 Å². The number of carbonyl (C=O) groups excluding carboxylic acids is 2. The minimum Gasteiger partial charge on any atom is -0.466 e. The van der Waals surface area contributed by atoms with Gasteiger partial charge in [0, 0.05) is 18.8 Å². The molecule has 5 heteroatoms. The van der Waals surface area contributed by atoms with Gasteiger partial charge in [0.1, 0.15) is 0 Å². The van der Waals surface area contributed by atoms with Crippen molar-refractivity contribution in [2.45, 2.75) is 13.8 Å². The highest BCUT2D eigenvalue weighted by Gasteiger charge is 2.45. The van der Waals surface area contributed by atoms with Crippen LogP contribution in [0.1, 0.15) is 13.8 Å². The highest BCUT2D eigenvalue weighted by molar-refractivity contribution is 5.89. The van der Waals surface area contributed by atoms with Crippen LogP contribution in [0.4, 0.5) is 10.5 Å². The van der Waals surface area contributed by atoms with E-state index < -0.39 is 0 Å². The topological polar surface area (TPSA) is 58.6 Å². The van der Waals surface area contributed by atoms with Gasteiger partial charge in [-0.25, -0.2) is 4.79 Å². The Bertz CT molecular complexity index is 629. The summed E-state index contributed by atoms with van der Waals surface area (Å²) in [5.41, 5.74) is 0.781. The van der Waals surface area contributed by atoms with Crippen molar-refractivity contribution in [1.82, 2.24) is 4.90 Å². The fourth-order valence-corrected chi connectivity index (χ4v) is 3.78. The third-order valence-electron chi connectivity index (χ3n) is 4.97. The molecule has 2 aliphatic rings. The number of urea groups is 1. The molecule has 24 heavy (non-hydrogen) atoms. The molecular weight excluding hydrogens is 304 g/mol. The van der Waals surface area contributed by atoms with E-state index in [1.54, 1.807) is 4.90 Å². The maximum Gasteiger partial charge on any atom is 0.321 e. The fraction of sp³-hybridized carbons (Fsp3) is 0.474. The van der Waals surface area contributed by atoms with E-state index in [1.807, 2.05) is 44.2 Å². The lowest BCUT2D eigenvalue weighted by molar-refractivity contribution is -0.152. The molecule has 1 fully saturated rings. The largest absolute Gasteiger partial charge is 0.466 e. The van der Waals surface area contributed by atoms with Crippen LogP contribution in [-0.4, -0.2) is 36.6 Å². The molecule has 1 aromatic carbocycles. The third kappa shape index (κ3) is 3.30. The molecule has 1 heterocycles. The van der Waals surface area contributed by atoms with E-state index in [1.165, 1.54) is 0 Å². The lowest BCUT2D eigenvalue weighted by atomic mass is 9.72. The van der Waals surface area contributed by atoms with E-state index in [-0.39, 0.29) is 35.7 Å². The van der Waals surface area contributed by atoms with Crippen LogP contribution >= 0.6 is 0 Å². The average Bonchev–Trinajstić information content (AvgIpc) is 3.00. The van der Waals surface area contributed by atoms with E-state index in [0.29, 0.717) is 19.7 Å². The SMILES string of the molecule is CCOC(=O)[C@@H]1[C@H]2CN(C(=O)Nc3ccccc3)C[C@@H]2C=C[C@@H]1C. The third-order valence-corrected chi connectivity index (χ3v) is 4.97. The molecule has 0 spiro atoms. The van der Waals surface area contributed by atoms with Crippen LogP contribution in [0.25, 0.3) is 0 Å². The number of fused-ring (bicyclic) bond motifs is 1. The number of amides is 2. The van der Waals surface area contributed by atoms with Crippen molar-refractivity contribution in [2.75, 3.05) is 25.0 Å². The number of allylic oxidation sites excluding steroid dienone is 1. The number of nitrogens with zero attached hydrogens (tertiary/aromatic N) is 1. The molecule has 1 saturated heterocycles. The number of rotatable bonds is 3. The Kier molecular flexibility index (Phi) is 4.88. The molecule has 128 valence electrons. The number of hydrogen-bond acceptors (Lipinski definition) is 3. The highest BCUT2D eigenvalue weighted by Crippen LogP contribution is 2.40. The molecule has 0 bridgehead atoms. The first-order valence-corrected chi connectivity index (χ1v) is 8.56. The van der Waals surface area contributed by atoms with Crippen LogP contribution < -0.4 is 5.32 Å². The number of ether oxygens (including phenoxy) is 1. The fourth-order valence-electron chi connectivity index (χ4n) is 3.78. The molecule has 0 radical (unpaired) electrons. The van der Waals surface area contributed by atoms with Crippen LogP contribution in [0.5, 0.6) is 0 Å². The van der Waals surface area contributed by atoms with Crippen LogP contribution in [0.3, 0.4) is 0 Å². The van der Waals surface area contributed by atoms with E-state index in [4.69, 9.17) is 4.74 Å². The second-order valence-corrected chi connectivity index (χ2v) is 6.55. The Labute approximate surface area is 142 Å². The molecule has 0 unspecified atom stereocenters. The Morgan fingerprint density at radius 3 is 2.67 bits per heavy atom. The van der Waals surface area contributed by atoms with E-state index in [0.717, 1.165) is 5.69 Å². The molecule has 4 atom stereocenters. The quantitative estimate of drug-likeness (QED) is 0.685. The average molecular weight is 328 g/mol. The first-order chi connectivity index (χ1) is 11.6. The number of benzene rings is 1. The zero-order valence-corrected chi connectivity index (χ0v) is 14.1. The summed E-state index contributed by atoms with van der Waals surface area (Å²) >= 11 is 0. The number of anilines is 1. The van der Waals surface area contributed by atoms with Crippen molar-refractivity contribution < 1.29 is 14.3 Å². The van der Waals surface area contributed by atoms with Gasteiger partial charge in [-0.3, -0.25) is 4.79 Å². The molecule has 1 N–H and O–H groups in total. The monoisotopic (exact) mass is 328 g/mol. The second-order valence-electron chi connectivity index (χ2n) is 6.55. The second kappa shape index (κ2) is 7.07. The predicted octanol–water partition coefficient (Wildman–Crippen LogP) is 3.15. The molecule has 0 aromatic heterocycles. The van der Waals surface area contributed by atoms with Gasteiger partial charge in [0.25, 0.3) is 0 Å². The summed E-state index contributed by atoms with van der Waals surface area (Å²) in [7, 11) is 0. The number of hydrogen-bond donors (Lipinski definition) is 1. The van der Waals surface area contributed by atoms with Crippen molar-refractivity contribution in [3.8, 4) is 0 Å². The Morgan fingerprint density at radius 2 is 1.96 bits per heavy atom. The van der Waals surface area contributed by atoms with Gasteiger partial charge in [0.05, 0.1) is 12.5 Å². The molecule has 5 nitrogen and oxygen atoms in total. The van der Waals surface area contributed by atoms with Gasteiger partial charge >= 0.3 is 12.0 Å². The van der Waals surface area contributed by atoms with Crippen molar-refractivity contribution in [1.29, 1.82) is 0 Å². The smallest absolute Gasteiger partial charge is 0.321 e. The molecule has 0 saturated carbocycles. The first-order valence-electron chi connectivity index (χ1n) is 8.56. The minimum absolute atomic E-state index is 0.112. The Morgan fingerprint density at radius 1 is 1.21 bits per heavy atom. The van der Waals surface area contributed by atoms with Gasteiger partial charge < -0.3 is 15.0 Å². The van der Waals surface area contributed by atoms with Crippen LogP contribution in [-0.2, 0) is 9.53 Å². The van der Waals surface area contributed by atoms with Gasteiger partial charge in [0.15, 0.2) is 0 Å². The maximum absolute atomic E-state index is 12.5. The zero-order valence-electron chi connectivity index (χ0n) is 14.1. The molecule has 2 amide bonds. The molecule has 1 aliphatic heterocycles. The van der Waals surface area contributed by atoms with Gasteiger partial charge in [-0.15, -0.1) is 0 Å².